The van der Waals surface area contributed by atoms with Crippen LogP contribution in [0.5, 0.6) is 0 Å². The van der Waals surface area contributed by atoms with Gasteiger partial charge in [-0.15, -0.1) is 0 Å². The SMILES string of the molecule is Cc1cccc(C(C)C)c1NC(=O)c1cc(S(=O)(=O)N2CCC(C)CC2)ccc1Cl. The van der Waals surface area contributed by atoms with Gasteiger partial charge in [-0.1, -0.05) is 50.6 Å². The molecule has 1 aliphatic heterocycles. The highest BCUT2D eigenvalue weighted by molar-refractivity contribution is 7.89. The third-order valence-electron chi connectivity index (χ3n) is 5.73. The Morgan fingerprint density at radius 3 is 2.47 bits per heavy atom. The summed E-state index contributed by atoms with van der Waals surface area (Å²) in [5.41, 5.74) is 2.86. The molecule has 0 saturated carbocycles. The van der Waals surface area contributed by atoms with Gasteiger partial charge in [0.25, 0.3) is 5.91 Å². The van der Waals surface area contributed by atoms with Gasteiger partial charge in [0, 0.05) is 18.8 Å². The van der Waals surface area contributed by atoms with Crippen molar-refractivity contribution in [3.63, 3.8) is 0 Å². The number of hydrogen-bond acceptors (Lipinski definition) is 3. The number of amides is 1. The van der Waals surface area contributed by atoms with Gasteiger partial charge in [0.05, 0.1) is 15.5 Å². The highest BCUT2D eigenvalue weighted by Gasteiger charge is 2.29. The number of para-hydroxylation sites is 1. The maximum absolute atomic E-state index is 13.1. The Morgan fingerprint density at radius 2 is 1.83 bits per heavy atom. The molecule has 1 amide bonds. The molecular formula is C23H29ClN2O3S. The van der Waals surface area contributed by atoms with Crippen LogP contribution in [0, 0.1) is 12.8 Å². The minimum Gasteiger partial charge on any atom is -0.321 e. The highest BCUT2D eigenvalue weighted by atomic mass is 35.5. The molecular weight excluding hydrogens is 420 g/mol. The first kappa shape index (κ1) is 22.8. The molecule has 0 bridgehead atoms. The van der Waals surface area contributed by atoms with Crippen molar-refractivity contribution in [2.24, 2.45) is 5.92 Å². The number of carbonyl (C=O) groups is 1. The number of nitrogens with one attached hydrogen (secondary N) is 1. The van der Waals surface area contributed by atoms with Crippen LogP contribution in [0.1, 0.15) is 61.0 Å². The Morgan fingerprint density at radius 1 is 1.17 bits per heavy atom. The zero-order valence-electron chi connectivity index (χ0n) is 17.9. The third-order valence-corrected chi connectivity index (χ3v) is 7.95. The molecule has 30 heavy (non-hydrogen) atoms. The normalized spacial score (nSPS) is 16.1. The van der Waals surface area contributed by atoms with E-state index in [4.69, 9.17) is 11.6 Å². The lowest BCUT2D eigenvalue weighted by Crippen LogP contribution is -2.37. The van der Waals surface area contributed by atoms with Gasteiger partial charge in [0.2, 0.25) is 10.0 Å². The average Bonchev–Trinajstić information content (AvgIpc) is 2.69. The number of sulfonamides is 1. The van der Waals surface area contributed by atoms with Gasteiger partial charge < -0.3 is 5.32 Å². The van der Waals surface area contributed by atoms with Crippen LogP contribution in [0.25, 0.3) is 0 Å². The molecule has 2 aromatic rings. The van der Waals surface area contributed by atoms with E-state index in [1.165, 1.54) is 22.5 Å². The van der Waals surface area contributed by atoms with E-state index in [2.05, 4.69) is 26.1 Å². The van der Waals surface area contributed by atoms with Crippen molar-refractivity contribution in [2.45, 2.75) is 51.3 Å². The third kappa shape index (κ3) is 4.71. The molecule has 1 fully saturated rings. The quantitative estimate of drug-likeness (QED) is 0.661. The highest BCUT2D eigenvalue weighted by Crippen LogP contribution is 2.30. The van der Waals surface area contributed by atoms with E-state index in [1.807, 2.05) is 25.1 Å². The first-order valence-electron chi connectivity index (χ1n) is 10.3. The summed E-state index contributed by atoms with van der Waals surface area (Å²) in [6.07, 6.45) is 1.68. The summed E-state index contributed by atoms with van der Waals surface area (Å²) in [5, 5.41) is 3.17. The van der Waals surface area contributed by atoms with Crippen molar-refractivity contribution in [1.82, 2.24) is 4.31 Å². The van der Waals surface area contributed by atoms with Crippen molar-refractivity contribution in [3.05, 3.63) is 58.1 Å². The molecule has 5 nitrogen and oxygen atoms in total. The zero-order valence-corrected chi connectivity index (χ0v) is 19.5. The molecule has 0 aliphatic carbocycles. The maximum atomic E-state index is 13.1. The van der Waals surface area contributed by atoms with Crippen molar-refractivity contribution < 1.29 is 13.2 Å². The minimum absolute atomic E-state index is 0.0977. The van der Waals surface area contributed by atoms with E-state index in [0.717, 1.165) is 29.7 Å². The molecule has 1 N–H and O–H groups in total. The summed E-state index contributed by atoms with van der Waals surface area (Å²) in [5.74, 6) is 0.330. The van der Waals surface area contributed by atoms with Gasteiger partial charge in [-0.3, -0.25) is 4.79 Å². The van der Waals surface area contributed by atoms with Crippen molar-refractivity contribution >= 4 is 33.2 Å². The second-order valence-corrected chi connectivity index (χ2v) is 10.7. The smallest absolute Gasteiger partial charge is 0.257 e. The maximum Gasteiger partial charge on any atom is 0.257 e. The first-order valence-corrected chi connectivity index (χ1v) is 12.1. The number of anilines is 1. The van der Waals surface area contributed by atoms with E-state index in [-0.39, 0.29) is 21.4 Å². The molecule has 7 heteroatoms. The number of benzene rings is 2. The Hall–Kier alpha value is -1.89. The second kappa shape index (κ2) is 9.08. The van der Waals surface area contributed by atoms with Crippen LogP contribution < -0.4 is 5.32 Å². The van der Waals surface area contributed by atoms with Crippen molar-refractivity contribution in [1.29, 1.82) is 0 Å². The summed E-state index contributed by atoms with van der Waals surface area (Å²) in [6, 6.07) is 10.2. The predicted octanol–water partition coefficient (Wildman–Crippen LogP) is 5.44. The van der Waals surface area contributed by atoms with Gasteiger partial charge in [-0.2, -0.15) is 4.31 Å². The van der Waals surface area contributed by atoms with Gasteiger partial charge in [-0.25, -0.2) is 8.42 Å². The number of aryl methyl sites for hydroxylation is 1. The zero-order chi connectivity index (χ0) is 22.1. The Balaban J connectivity index is 1.92. The van der Waals surface area contributed by atoms with E-state index >= 15 is 0 Å². The van der Waals surface area contributed by atoms with Crippen LogP contribution in [0.3, 0.4) is 0 Å². The van der Waals surface area contributed by atoms with Gasteiger partial charge in [0.15, 0.2) is 0 Å². The number of carbonyl (C=O) groups excluding carboxylic acids is 1. The van der Waals surface area contributed by atoms with Gasteiger partial charge in [0.1, 0.15) is 0 Å². The van der Waals surface area contributed by atoms with Gasteiger partial charge in [-0.05, 0) is 60.9 Å². The van der Waals surface area contributed by atoms with Crippen molar-refractivity contribution in [3.8, 4) is 0 Å². The number of nitrogens with zero attached hydrogens (tertiary/aromatic N) is 1. The second-order valence-electron chi connectivity index (χ2n) is 8.38. The molecule has 2 aromatic carbocycles. The van der Waals surface area contributed by atoms with Crippen LogP contribution in [0.15, 0.2) is 41.3 Å². The van der Waals surface area contributed by atoms with E-state index in [9.17, 15) is 13.2 Å². The number of hydrogen-bond donors (Lipinski definition) is 1. The number of piperidine rings is 1. The largest absolute Gasteiger partial charge is 0.321 e. The Labute approximate surface area is 184 Å². The Bertz CT molecular complexity index is 1040. The fourth-order valence-electron chi connectivity index (χ4n) is 3.74. The van der Waals surface area contributed by atoms with E-state index in [1.54, 1.807) is 0 Å². The molecule has 1 aliphatic rings. The summed E-state index contributed by atoms with van der Waals surface area (Å²) >= 11 is 6.29. The molecule has 0 atom stereocenters. The van der Waals surface area contributed by atoms with Crippen molar-refractivity contribution in [2.75, 3.05) is 18.4 Å². The molecule has 1 heterocycles. The van der Waals surface area contributed by atoms with Crippen LogP contribution in [-0.2, 0) is 10.0 Å². The predicted molar refractivity (Wildman–Crippen MR) is 122 cm³/mol. The van der Waals surface area contributed by atoms with Crippen LogP contribution >= 0.6 is 11.6 Å². The summed E-state index contributed by atoms with van der Waals surface area (Å²) in [7, 11) is -3.67. The fraction of sp³-hybridized carbons (Fsp3) is 0.435. The number of rotatable bonds is 5. The molecule has 3 rings (SSSR count). The molecule has 1 saturated heterocycles. The topological polar surface area (TPSA) is 66.5 Å². The van der Waals surface area contributed by atoms with Crippen LogP contribution in [0.2, 0.25) is 5.02 Å². The summed E-state index contributed by atoms with van der Waals surface area (Å²) in [4.78, 5) is 13.2. The lowest BCUT2D eigenvalue weighted by molar-refractivity contribution is 0.102. The Kier molecular flexibility index (Phi) is 6.90. The average molecular weight is 449 g/mol. The lowest BCUT2D eigenvalue weighted by atomic mass is 9.98. The fourth-order valence-corrected chi connectivity index (χ4v) is 5.44. The summed E-state index contributed by atoms with van der Waals surface area (Å²) in [6.45, 7) is 9.17. The molecule has 0 unspecified atom stereocenters. The molecule has 0 spiro atoms. The van der Waals surface area contributed by atoms with Gasteiger partial charge >= 0.3 is 0 Å². The molecule has 0 radical (unpaired) electrons. The summed E-state index contributed by atoms with van der Waals surface area (Å²) < 4.78 is 27.7. The lowest BCUT2D eigenvalue weighted by Gasteiger charge is -2.29. The standard InChI is InChI=1S/C23H29ClN2O3S/c1-15(2)19-7-5-6-17(4)22(19)25-23(27)20-14-18(8-9-21(20)24)30(28,29)26-12-10-16(3)11-13-26/h5-9,14-16H,10-13H2,1-4H3,(H,25,27). The monoisotopic (exact) mass is 448 g/mol. The minimum atomic E-state index is -3.67. The van der Waals surface area contributed by atoms with Crippen LogP contribution in [-0.4, -0.2) is 31.7 Å². The molecule has 0 aromatic heterocycles. The van der Waals surface area contributed by atoms with Crippen LogP contribution in [0.4, 0.5) is 5.69 Å². The first-order chi connectivity index (χ1) is 14.1. The van der Waals surface area contributed by atoms with E-state index in [0.29, 0.717) is 19.0 Å². The number of halogens is 1. The molecule has 162 valence electrons. The van der Waals surface area contributed by atoms with E-state index < -0.39 is 15.9 Å².